The number of nitrogens with zero attached hydrogens (tertiary/aromatic N) is 1. The Hall–Kier alpha value is -1.49. The number of pyridine rings is 1. The van der Waals surface area contributed by atoms with Gasteiger partial charge in [-0.25, -0.2) is 9.37 Å². The van der Waals surface area contributed by atoms with Crippen LogP contribution in [0.2, 0.25) is 0 Å². The zero-order valence-electron chi connectivity index (χ0n) is 11.9. The summed E-state index contributed by atoms with van der Waals surface area (Å²) in [4.78, 5) is 15.8. The first-order valence-corrected chi connectivity index (χ1v) is 7.35. The van der Waals surface area contributed by atoms with Gasteiger partial charge in [-0.2, -0.15) is 0 Å². The van der Waals surface area contributed by atoms with E-state index in [4.69, 9.17) is 0 Å². The molecule has 1 aromatic rings. The SMILES string of the molecule is CCCNC1CCC(NC(=O)c2ccc(F)cn2)CC1. The molecule has 1 aromatic heterocycles. The molecule has 0 saturated heterocycles. The molecule has 0 unspecified atom stereocenters. The Morgan fingerprint density at radius 3 is 2.60 bits per heavy atom. The molecular weight excluding hydrogens is 257 g/mol. The molecule has 5 heteroatoms. The minimum atomic E-state index is -0.427. The fourth-order valence-corrected chi connectivity index (χ4v) is 2.56. The van der Waals surface area contributed by atoms with Crippen LogP contribution in [0, 0.1) is 5.82 Å². The van der Waals surface area contributed by atoms with E-state index in [9.17, 15) is 9.18 Å². The summed E-state index contributed by atoms with van der Waals surface area (Å²) in [7, 11) is 0. The van der Waals surface area contributed by atoms with E-state index in [1.54, 1.807) is 0 Å². The number of hydrogen-bond donors (Lipinski definition) is 2. The molecule has 1 amide bonds. The fraction of sp³-hybridized carbons (Fsp3) is 0.600. The summed E-state index contributed by atoms with van der Waals surface area (Å²) in [6.07, 6.45) is 6.35. The van der Waals surface area contributed by atoms with E-state index in [2.05, 4.69) is 22.5 Å². The van der Waals surface area contributed by atoms with E-state index in [1.807, 2.05) is 0 Å². The molecule has 1 heterocycles. The summed E-state index contributed by atoms with van der Waals surface area (Å²) in [5.41, 5.74) is 0.276. The quantitative estimate of drug-likeness (QED) is 0.869. The van der Waals surface area contributed by atoms with Crippen molar-refractivity contribution in [2.75, 3.05) is 6.54 Å². The third kappa shape index (κ3) is 4.27. The van der Waals surface area contributed by atoms with Gasteiger partial charge >= 0.3 is 0 Å². The molecule has 1 aliphatic rings. The van der Waals surface area contributed by atoms with Crippen LogP contribution in [-0.4, -0.2) is 29.5 Å². The predicted octanol–water partition coefficient (Wildman–Crippen LogP) is 2.26. The molecular formula is C15H22FN3O. The molecule has 0 radical (unpaired) electrons. The van der Waals surface area contributed by atoms with E-state index in [0.717, 1.165) is 44.8 Å². The van der Waals surface area contributed by atoms with E-state index >= 15 is 0 Å². The van der Waals surface area contributed by atoms with Gasteiger partial charge in [0.15, 0.2) is 0 Å². The van der Waals surface area contributed by atoms with Gasteiger partial charge in [0.05, 0.1) is 6.20 Å². The van der Waals surface area contributed by atoms with E-state index in [1.165, 1.54) is 12.1 Å². The maximum absolute atomic E-state index is 12.8. The van der Waals surface area contributed by atoms with Crippen molar-refractivity contribution in [2.24, 2.45) is 0 Å². The smallest absolute Gasteiger partial charge is 0.270 e. The first-order valence-electron chi connectivity index (χ1n) is 7.35. The van der Waals surface area contributed by atoms with Crippen LogP contribution in [0.5, 0.6) is 0 Å². The predicted molar refractivity (Wildman–Crippen MR) is 76.0 cm³/mol. The Bertz CT molecular complexity index is 427. The third-order valence-electron chi connectivity index (χ3n) is 3.71. The third-order valence-corrected chi connectivity index (χ3v) is 3.71. The topological polar surface area (TPSA) is 54.0 Å². The highest BCUT2D eigenvalue weighted by Crippen LogP contribution is 2.19. The van der Waals surface area contributed by atoms with Crippen LogP contribution in [0.25, 0.3) is 0 Å². The highest BCUT2D eigenvalue weighted by molar-refractivity contribution is 5.92. The summed E-state index contributed by atoms with van der Waals surface area (Å²) in [6, 6.07) is 3.45. The lowest BCUT2D eigenvalue weighted by molar-refractivity contribution is 0.0919. The average molecular weight is 279 g/mol. The largest absolute Gasteiger partial charge is 0.348 e. The van der Waals surface area contributed by atoms with Crippen LogP contribution in [-0.2, 0) is 0 Å². The monoisotopic (exact) mass is 279 g/mol. The van der Waals surface area contributed by atoms with Crippen molar-refractivity contribution in [3.05, 3.63) is 29.8 Å². The van der Waals surface area contributed by atoms with E-state index in [0.29, 0.717) is 6.04 Å². The number of amides is 1. The lowest BCUT2D eigenvalue weighted by Gasteiger charge is -2.29. The van der Waals surface area contributed by atoms with Crippen LogP contribution in [0.1, 0.15) is 49.5 Å². The molecule has 2 N–H and O–H groups in total. The highest BCUT2D eigenvalue weighted by atomic mass is 19.1. The Morgan fingerprint density at radius 1 is 1.30 bits per heavy atom. The van der Waals surface area contributed by atoms with Crippen molar-refractivity contribution in [1.82, 2.24) is 15.6 Å². The Morgan fingerprint density at radius 2 is 2.00 bits per heavy atom. The van der Waals surface area contributed by atoms with Crippen LogP contribution in [0.15, 0.2) is 18.3 Å². The average Bonchev–Trinajstić information content (AvgIpc) is 2.47. The number of carbonyl (C=O) groups excluding carboxylic acids is 1. The molecule has 1 saturated carbocycles. The van der Waals surface area contributed by atoms with Gasteiger partial charge < -0.3 is 10.6 Å². The number of aromatic nitrogens is 1. The maximum atomic E-state index is 12.8. The van der Waals surface area contributed by atoms with Gasteiger partial charge in [0.25, 0.3) is 5.91 Å². The number of hydrogen-bond acceptors (Lipinski definition) is 3. The van der Waals surface area contributed by atoms with Gasteiger partial charge in [-0.05, 0) is 50.8 Å². The summed E-state index contributed by atoms with van der Waals surface area (Å²) >= 11 is 0. The molecule has 0 aliphatic heterocycles. The van der Waals surface area contributed by atoms with Crippen molar-refractivity contribution in [3.8, 4) is 0 Å². The summed E-state index contributed by atoms with van der Waals surface area (Å²) in [6.45, 7) is 3.22. The number of nitrogens with one attached hydrogen (secondary N) is 2. The Labute approximate surface area is 119 Å². The number of halogens is 1. The molecule has 0 aromatic carbocycles. The molecule has 2 rings (SSSR count). The second kappa shape index (κ2) is 7.33. The van der Waals surface area contributed by atoms with Crippen LogP contribution in [0.4, 0.5) is 4.39 Å². The normalized spacial score (nSPS) is 22.5. The maximum Gasteiger partial charge on any atom is 0.270 e. The van der Waals surface area contributed by atoms with Crippen molar-refractivity contribution in [1.29, 1.82) is 0 Å². The van der Waals surface area contributed by atoms with Gasteiger partial charge in [0.2, 0.25) is 0 Å². The molecule has 20 heavy (non-hydrogen) atoms. The van der Waals surface area contributed by atoms with Crippen LogP contribution >= 0.6 is 0 Å². The lowest BCUT2D eigenvalue weighted by atomic mass is 9.91. The molecule has 0 bridgehead atoms. The van der Waals surface area contributed by atoms with Crippen LogP contribution in [0.3, 0.4) is 0 Å². The molecule has 1 fully saturated rings. The number of rotatable bonds is 5. The second-order valence-corrected chi connectivity index (χ2v) is 5.34. The molecule has 110 valence electrons. The van der Waals surface area contributed by atoms with Gasteiger partial charge in [-0.1, -0.05) is 6.92 Å². The zero-order chi connectivity index (χ0) is 14.4. The van der Waals surface area contributed by atoms with E-state index < -0.39 is 5.82 Å². The van der Waals surface area contributed by atoms with Gasteiger partial charge in [0, 0.05) is 12.1 Å². The minimum Gasteiger partial charge on any atom is -0.348 e. The van der Waals surface area contributed by atoms with Crippen molar-refractivity contribution >= 4 is 5.91 Å². The summed E-state index contributed by atoms with van der Waals surface area (Å²) in [5, 5.41) is 6.50. The molecule has 0 atom stereocenters. The van der Waals surface area contributed by atoms with Crippen molar-refractivity contribution in [2.45, 2.75) is 51.1 Å². The minimum absolute atomic E-state index is 0.203. The molecule has 1 aliphatic carbocycles. The lowest BCUT2D eigenvalue weighted by Crippen LogP contribution is -2.42. The van der Waals surface area contributed by atoms with Gasteiger partial charge in [-0.3, -0.25) is 4.79 Å². The Balaban J connectivity index is 1.77. The molecule has 0 spiro atoms. The first kappa shape index (κ1) is 14.9. The van der Waals surface area contributed by atoms with Crippen LogP contribution < -0.4 is 10.6 Å². The standard InChI is InChI=1S/C15H22FN3O/c1-2-9-17-12-4-6-13(7-5-12)19-15(20)14-8-3-11(16)10-18-14/h3,8,10,12-13,17H,2,4-7,9H2,1H3,(H,19,20). The summed E-state index contributed by atoms with van der Waals surface area (Å²) in [5.74, 6) is -0.640. The van der Waals surface area contributed by atoms with E-state index in [-0.39, 0.29) is 17.6 Å². The van der Waals surface area contributed by atoms with Crippen molar-refractivity contribution in [3.63, 3.8) is 0 Å². The summed E-state index contributed by atoms with van der Waals surface area (Å²) < 4.78 is 12.8. The highest BCUT2D eigenvalue weighted by Gasteiger charge is 2.22. The second-order valence-electron chi connectivity index (χ2n) is 5.34. The zero-order valence-corrected chi connectivity index (χ0v) is 11.9. The Kier molecular flexibility index (Phi) is 5.47. The van der Waals surface area contributed by atoms with Gasteiger partial charge in [-0.15, -0.1) is 0 Å². The molecule has 4 nitrogen and oxygen atoms in total. The number of carbonyl (C=O) groups is 1. The first-order chi connectivity index (χ1) is 9.69. The van der Waals surface area contributed by atoms with Crippen molar-refractivity contribution < 1.29 is 9.18 Å². The fourth-order valence-electron chi connectivity index (χ4n) is 2.56. The van der Waals surface area contributed by atoms with Gasteiger partial charge in [0.1, 0.15) is 11.5 Å².